The summed E-state index contributed by atoms with van der Waals surface area (Å²) < 4.78 is 21.0. The van der Waals surface area contributed by atoms with E-state index in [0.29, 0.717) is 33.0 Å². The van der Waals surface area contributed by atoms with Crippen LogP contribution in [0.25, 0.3) is 0 Å². The molecule has 7 nitrogen and oxygen atoms in total. The molecule has 1 N–H and O–H groups in total. The Kier molecular flexibility index (Phi) is 15.8. The minimum absolute atomic E-state index is 0.113. The number of hydrogen-bond donors (Lipinski definition) is 1. The minimum atomic E-state index is -1.02. The SMILES string of the molecule is O=C(O)CCC(=O)OCCOCCOCCOCCSSCc1ccccc1. The molecular formula is C19H28O7S2. The first kappa shape index (κ1) is 24.8. The van der Waals surface area contributed by atoms with Crippen LogP contribution in [0.3, 0.4) is 0 Å². The molecule has 9 heteroatoms. The maximum Gasteiger partial charge on any atom is 0.306 e. The van der Waals surface area contributed by atoms with Crippen molar-refractivity contribution in [2.24, 2.45) is 0 Å². The summed E-state index contributed by atoms with van der Waals surface area (Å²) in [6, 6.07) is 10.4. The van der Waals surface area contributed by atoms with Gasteiger partial charge < -0.3 is 24.1 Å². The molecule has 0 saturated heterocycles. The summed E-state index contributed by atoms with van der Waals surface area (Å²) in [6.07, 6.45) is -0.344. The van der Waals surface area contributed by atoms with Gasteiger partial charge in [-0.1, -0.05) is 51.9 Å². The molecule has 1 aromatic carbocycles. The van der Waals surface area contributed by atoms with Gasteiger partial charge in [-0.25, -0.2) is 0 Å². The lowest BCUT2D eigenvalue weighted by atomic mass is 10.2. The predicted octanol–water partition coefficient (Wildman–Crippen LogP) is 3.03. The van der Waals surface area contributed by atoms with Gasteiger partial charge >= 0.3 is 11.9 Å². The molecule has 1 aromatic rings. The molecular weight excluding hydrogens is 404 g/mol. The van der Waals surface area contributed by atoms with E-state index in [9.17, 15) is 9.59 Å². The summed E-state index contributed by atoms with van der Waals surface area (Å²) in [7, 11) is 3.62. The number of benzene rings is 1. The van der Waals surface area contributed by atoms with Gasteiger partial charge in [0.05, 0.1) is 52.5 Å². The van der Waals surface area contributed by atoms with Crippen LogP contribution in [0.1, 0.15) is 18.4 Å². The fourth-order valence-corrected chi connectivity index (χ4v) is 3.80. The first-order chi connectivity index (χ1) is 13.7. The van der Waals surface area contributed by atoms with Crippen LogP contribution in [0.15, 0.2) is 30.3 Å². The van der Waals surface area contributed by atoms with Crippen molar-refractivity contribution < 1.29 is 33.6 Å². The van der Waals surface area contributed by atoms with Gasteiger partial charge in [0, 0.05) is 11.5 Å². The second kappa shape index (κ2) is 17.8. The number of ether oxygens (including phenoxy) is 4. The Balaban J connectivity index is 1.74. The Labute approximate surface area is 173 Å². The molecule has 0 aliphatic rings. The van der Waals surface area contributed by atoms with Crippen molar-refractivity contribution in [2.45, 2.75) is 18.6 Å². The standard InChI is InChI=1S/C19H28O7S2/c20-18(21)6-7-19(22)26-13-12-24-9-8-23-10-11-25-14-15-27-28-16-17-4-2-1-3-5-17/h1-5H,6-16H2,(H,20,21). The Morgan fingerprint density at radius 1 is 0.786 bits per heavy atom. The van der Waals surface area contributed by atoms with Crippen LogP contribution in [0, 0.1) is 0 Å². The maximum absolute atomic E-state index is 11.1. The van der Waals surface area contributed by atoms with Crippen LogP contribution in [0.4, 0.5) is 0 Å². The van der Waals surface area contributed by atoms with Gasteiger partial charge in [-0.3, -0.25) is 9.59 Å². The van der Waals surface area contributed by atoms with Crippen molar-refractivity contribution in [3.05, 3.63) is 35.9 Å². The van der Waals surface area contributed by atoms with Gasteiger partial charge in [0.25, 0.3) is 0 Å². The van der Waals surface area contributed by atoms with Gasteiger partial charge in [0.15, 0.2) is 0 Å². The number of carboxylic acid groups (broad SMARTS) is 1. The van der Waals surface area contributed by atoms with Crippen LogP contribution < -0.4 is 0 Å². The molecule has 0 aromatic heterocycles. The molecule has 0 spiro atoms. The summed E-state index contributed by atoms with van der Waals surface area (Å²) in [6.45, 7) is 2.97. The van der Waals surface area contributed by atoms with Gasteiger partial charge in [-0.2, -0.15) is 0 Å². The largest absolute Gasteiger partial charge is 0.481 e. The number of rotatable bonds is 18. The molecule has 0 aliphatic carbocycles. The van der Waals surface area contributed by atoms with Crippen molar-refractivity contribution in [1.82, 2.24) is 0 Å². The first-order valence-electron chi connectivity index (χ1n) is 9.07. The number of esters is 1. The van der Waals surface area contributed by atoms with Gasteiger partial charge in [0.1, 0.15) is 6.61 Å². The average molecular weight is 433 g/mol. The van der Waals surface area contributed by atoms with Gasteiger partial charge in [0.2, 0.25) is 0 Å². The molecule has 0 aliphatic heterocycles. The fourth-order valence-electron chi connectivity index (χ4n) is 1.87. The third-order valence-electron chi connectivity index (χ3n) is 3.24. The van der Waals surface area contributed by atoms with E-state index in [1.807, 2.05) is 16.9 Å². The van der Waals surface area contributed by atoms with Crippen molar-refractivity contribution >= 4 is 33.5 Å². The van der Waals surface area contributed by atoms with Gasteiger partial charge in [-0.15, -0.1) is 0 Å². The zero-order chi connectivity index (χ0) is 20.3. The fraction of sp³-hybridized carbons (Fsp3) is 0.579. The lowest BCUT2D eigenvalue weighted by Gasteiger charge is -2.07. The summed E-state index contributed by atoms with van der Waals surface area (Å²) in [5.74, 6) is 0.383. The maximum atomic E-state index is 11.1. The van der Waals surface area contributed by atoms with Crippen molar-refractivity contribution in [1.29, 1.82) is 0 Å². The lowest BCUT2D eigenvalue weighted by Crippen LogP contribution is -2.14. The normalized spacial score (nSPS) is 10.7. The van der Waals surface area contributed by atoms with Crippen LogP contribution in [-0.4, -0.2) is 69.0 Å². The van der Waals surface area contributed by atoms with E-state index in [0.717, 1.165) is 11.5 Å². The van der Waals surface area contributed by atoms with E-state index in [1.165, 1.54) is 5.56 Å². The van der Waals surface area contributed by atoms with Crippen molar-refractivity contribution in [3.63, 3.8) is 0 Å². The average Bonchev–Trinajstić information content (AvgIpc) is 2.70. The molecule has 0 saturated carbocycles. The second-order valence-electron chi connectivity index (χ2n) is 5.52. The molecule has 0 atom stereocenters. The smallest absolute Gasteiger partial charge is 0.306 e. The first-order valence-corrected chi connectivity index (χ1v) is 11.6. The molecule has 0 bridgehead atoms. The molecule has 0 unspecified atom stereocenters. The number of aliphatic carboxylic acids is 1. The van der Waals surface area contributed by atoms with Crippen LogP contribution in [0.5, 0.6) is 0 Å². The predicted molar refractivity (Wildman–Crippen MR) is 110 cm³/mol. The summed E-state index contributed by atoms with van der Waals surface area (Å²) in [5, 5.41) is 8.44. The Hall–Kier alpha value is -1.26. The minimum Gasteiger partial charge on any atom is -0.481 e. The number of carboxylic acids is 1. The van der Waals surface area contributed by atoms with E-state index in [1.54, 1.807) is 10.8 Å². The number of carbonyl (C=O) groups is 2. The van der Waals surface area contributed by atoms with Crippen molar-refractivity contribution in [3.8, 4) is 0 Å². The molecule has 1 rings (SSSR count). The quantitative estimate of drug-likeness (QED) is 0.213. The van der Waals surface area contributed by atoms with Gasteiger partial charge in [-0.05, 0) is 5.56 Å². The van der Waals surface area contributed by atoms with E-state index in [-0.39, 0.29) is 26.1 Å². The molecule has 28 heavy (non-hydrogen) atoms. The lowest BCUT2D eigenvalue weighted by molar-refractivity contribution is -0.149. The highest BCUT2D eigenvalue weighted by Gasteiger charge is 2.05. The van der Waals surface area contributed by atoms with E-state index >= 15 is 0 Å². The third kappa shape index (κ3) is 15.8. The van der Waals surface area contributed by atoms with E-state index in [2.05, 4.69) is 24.3 Å². The summed E-state index contributed by atoms with van der Waals surface area (Å²) in [5.41, 5.74) is 1.33. The topological polar surface area (TPSA) is 91.3 Å². The van der Waals surface area contributed by atoms with Crippen molar-refractivity contribution in [2.75, 3.05) is 52.0 Å². The monoisotopic (exact) mass is 432 g/mol. The molecule has 0 radical (unpaired) electrons. The molecule has 0 amide bonds. The molecule has 158 valence electrons. The van der Waals surface area contributed by atoms with E-state index < -0.39 is 11.9 Å². The molecule has 0 fully saturated rings. The molecule has 0 heterocycles. The summed E-state index contributed by atoms with van der Waals surface area (Å²) in [4.78, 5) is 21.4. The summed E-state index contributed by atoms with van der Waals surface area (Å²) >= 11 is 0. The van der Waals surface area contributed by atoms with Crippen LogP contribution in [0.2, 0.25) is 0 Å². The Morgan fingerprint density at radius 2 is 1.39 bits per heavy atom. The van der Waals surface area contributed by atoms with Crippen LogP contribution in [-0.2, 0) is 34.3 Å². The number of carbonyl (C=O) groups excluding carboxylic acids is 1. The second-order valence-corrected chi connectivity index (χ2v) is 8.10. The third-order valence-corrected chi connectivity index (χ3v) is 5.55. The Morgan fingerprint density at radius 3 is 2.04 bits per heavy atom. The van der Waals surface area contributed by atoms with E-state index in [4.69, 9.17) is 24.1 Å². The highest BCUT2D eigenvalue weighted by Crippen LogP contribution is 2.25. The highest BCUT2D eigenvalue weighted by molar-refractivity contribution is 8.76. The Bertz CT molecular complexity index is 528. The van der Waals surface area contributed by atoms with Crippen LogP contribution >= 0.6 is 21.6 Å². The highest BCUT2D eigenvalue weighted by atomic mass is 33.1. The zero-order valence-corrected chi connectivity index (χ0v) is 17.5. The number of hydrogen-bond acceptors (Lipinski definition) is 8. The zero-order valence-electron chi connectivity index (χ0n) is 15.9.